The van der Waals surface area contributed by atoms with E-state index in [4.69, 9.17) is 31.8 Å². The Labute approximate surface area is 194 Å². The van der Waals surface area contributed by atoms with E-state index in [0.29, 0.717) is 23.4 Å². The van der Waals surface area contributed by atoms with E-state index in [1.54, 1.807) is 7.11 Å². The fourth-order valence-electron chi connectivity index (χ4n) is 4.03. The molecule has 1 aliphatic rings. The van der Waals surface area contributed by atoms with Crippen LogP contribution >= 0.6 is 11.6 Å². The van der Waals surface area contributed by atoms with Crippen LogP contribution in [0.1, 0.15) is 19.3 Å². The average Bonchev–Trinajstić information content (AvgIpc) is 3.21. The number of piperidine rings is 1. The Morgan fingerprint density at radius 2 is 1.97 bits per heavy atom. The third-order valence-corrected chi connectivity index (χ3v) is 6.18. The van der Waals surface area contributed by atoms with Gasteiger partial charge in [-0.05, 0) is 45.5 Å². The lowest BCUT2D eigenvalue weighted by molar-refractivity contribution is 0.281. The summed E-state index contributed by atoms with van der Waals surface area (Å²) in [6, 6.07) is 8.29. The van der Waals surface area contributed by atoms with E-state index in [1.165, 1.54) is 5.69 Å². The summed E-state index contributed by atoms with van der Waals surface area (Å²) in [5, 5.41) is 0.533. The second-order valence-electron chi connectivity index (χ2n) is 8.59. The van der Waals surface area contributed by atoms with Gasteiger partial charge in [0, 0.05) is 61.5 Å². The highest BCUT2D eigenvalue weighted by Gasteiger charge is 2.18. The van der Waals surface area contributed by atoms with Crippen LogP contribution in [0.3, 0.4) is 0 Å². The molecule has 4 rings (SSSR count). The summed E-state index contributed by atoms with van der Waals surface area (Å²) in [6.07, 6.45) is 7.02. The SMILES string of the molecule is COc1cc(OCCCN(C)C)c(-c2cn3ccc(N4CCC(N)CC4)cc3n2)cc1Cl. The van der Waals surface area contributed by atoms with E-state index in [1.807, 2.05) is 22.7 Å². The lowest BCUT2D eigenvalue weighted by Crippen LogP contribution is -2.39. The molecule has 8 heteroatoms. The van der Waals surface area contributed by atoms with Gasteiger partial charge in [0.15, 0.2) is 0 Å². The zero-order valence-corrected chi connectivity index (χ0v) is 19.8. The molecule has 0 saturated carbocycles. The molecule has 32 heavy (non-hydrogen) atoms. The largest absolute Gasteiger partial charge is 0.495 e. The molecule has 0 unspecified atom stereocenters. The number of imidazole rings is 1. The number of rotatable bonds is 8. The zero-order chi connectivity index (χ0) is 22.7. The summed E-state index contributed by atoms with van der Waals surface area (Å²) < 4.78 is 13.6. The molecule has 1 aromatic carbocycles. The van der Waals surface area contributed by atoms with E-state index in [2.05, 4.69) is 42.2 Å². The Hall–Kier alpha value is -2.48. The number of nitrogens with zero attached hydrogens (tertiary/aromatic N) is 4. The molecule has 7 nitrogen and oxygen atoms in total. The van der Waals surface area contributed by atoms with Crippen LogP contribution in [-0.2, 0) is 0 Å². The minimum Gasteiger partial charge on any atom is -0.495 e. The predicted octanol–water partition coefficient (Wildman–Crippen LogP) is 3.92. The maximum atomic E-state index is 6.45. The Morgan fingerprint density at radius 3 is 2.69 bits per heavy atom. The molecule has 0 amide bonds. The molecule has 1 aliphatic heterocycles. The first-order valence-corrected chi connectivity index (χ1v) is 11.5. The van der Waals surface area contributed by atoms with Gasteiger partial charge in [0.2, 0.25) is 0 Å². The molecule has 172 valence electrons. The van der Waals surface area contributed by atoms with Crippen molar-refractivity contribution < 1.29 is 9.47 Å². The quantitative estimate of drug-likeness (QED) is 0.517. The Kier molecular flexibility index (Phi) is 7.08. The molecule has 0 aliphatic carbocycles. The molecular formula is C24H32ClN5O2. The average molecular weight is 458 g/mol. The fraction of sp³-hybridized carbons (Fsp3) is 0.458. The molecule has 2 N–H and O–H groups in total. The lowest BCUT2D eigenvalue weighted by Gasteiger charge is -2.31. The first kappa shape index (κ1) is 22.7. The van der Waals surface area contributed by atoms with Crippen molar-refractivity contribution in [1.29, 1.82) is 0 Å². The van der Waals surface area contributed by atoms with Gasteiger partial charge in [0.05, 0.1) is 24.4 Å². The molecule has 3 heterocycles. The smallest absolute Gasteiger partial charge is 0.141 e. The molecule has 0 bridgehead atoms. The number of benzene rings is 1. The normalized spacial score (nSPS) is 15.0. The Balaban J connectivity index is 1.62. The summed E-state index contributed by atoms with van der Waals surface area (Å²) in [5.41, 5.74) is 9.79. The van der Waals surface area contributed by atoms with Crippen LogP contribution in [0.15, 0.2) is 36.7 Å². The third kappa shape index (κ3) is 5.11. The Bertz CT molecular complexity index is 1060. The minimum absolute atomic E-state index is 0.309. The van der Waals surface area contributed by atoms with Crippen molar-refractivity contribution in [3.8, 4) is 22.8 Å². The number of pyridine rings is 1. The lowest BCUT2D eigenvalue weighted by atomic mass is 10.1. The standard InChI is InChI=1S/C24H32ClN5O2/c1-28(2)8-4-12-32-22-15-23(31-3)20(25)14-19(22)21-16-30-11-7-18(13-24(30)27-21)29-9-5-17(26)6-10-29/h7,11,13-17H,4-6,8-10,12,26H2,1-3H3. The number of ether oxygens (including phenoxy) is 2. The predicted molar refractivity (Wildman–Crippen MR) is 130 cm³/mol. The van der Waals surface area contributed by atoms with Gasteiger partial charge in [-0.2, -0.15) is 0 Å². The molecule has 1 saturated heterocycles. The summed E-state index contributed by atoms with van der Waals surface area (Å²) >= 11 is 6.45. The fourth-order valence-corrected chi connectivity index (χ4v) is 4.27. The highest BCUT2D eigenvalue weighted by molar-refractivity contribution is 6.32. The van der Waals surface area contributed by atoms with Crippen molar-refractivity contribution in [2.75, 3.05) is 52.3 Å². The molecule has 1 fully saturated rings. The van der Waals surface area contributed by atoms with Gasteiger partial charge in [-0.25, -0.2) is 4.98 Å². The third-order valence-electron chi connectivity index (χ3n) is 5.89. The zero-order valence-electron chi connectivity index (χ0n) is 19.1. The molecule has 2 aromatic heterocycles. The summed E-state index contributed by atoms with van der Waals surface area (Å²) in [7, 11) is 5.72. The number of methoxy groups -OCH3 is 1. The van der Waals surface area contributed by atoms with Crippen molar-refractivity contribution in [2.45, 2.75) is 25.3 Å². The second-order valence-corrected chi connectivity index (χ2v) is 9.00. The van der Waals surface area contributed by atoms with Crippen LogP contribution in [0.4, 0.5) is 5.69 Å². The molecule has 3 aromatic rings. The monoisotopic (exact) mass is 457 g/mol. The van der Waals surface area contributed by atoms with Gasteiger partial charge < -0.3 is 29.4 Å². The minimum atomic E-state index is 0.309. The van der Waals surface area contributed by atoms with Gasteiger partial charge in [0.25, 0.3) is 0 Å². The van der Waals surface area contributed by atoms with E-state index in [9.17, 15) is 0 Å². The first-order valence-electron chi connectivity index (χ1n) is 11.1. The van der Waals surface area contributed by atoms with Crippen molar-refractivity contribution >= 4 is 22.9 Å². The van der Waals surface area contributed by atoms with Crippen LogP contribution in [0.25, 0.3) is 16.9 Å². The van der Waals surface area contributed by atoms with Crippen molar-refractivity contribution in [3.05, 3.63) is 41.7 Å². The van der Waals surface area contributed by atoms with E-state index < -0.39 is 0 Å². The van der Waals surface area contributed by atoms with Gasteiger partial charge >= 0.3 is 0 Å². The second kappa shape index (κ2) is 9.98. The van der Waals surface area contributed by atoms with Crippen molar-refractivity contribution in [2.24, 2.45) is 5.73 Å². The van der Waals surface area contributed by atoms with Crippen molar-refractivity contribution in [1.82, 2.24) is 14.3 Å². The first-order chi connectivity index (χ1) is 15.4. The van der Waals surface area contributed by atoms with Gasteiger partial charge in [-0.15, -0.1) is 0 Å². The van der Waals surface area contributed by atoms with Gasteiger partial charge in [-0.3, -0.25) is 0 Å². The van der Waals surface area contributed by atoms with Crippen LogP contribution in [0.2, 0.25) is 5.02 Å². The highest BCUT2D eigenvalue weighted by Crippen LogP contribution is 2.38. The maximum absolute atomic E-state index is 6.45. The number of hydrogen-bond acceptors (Lipinski definition) is 6. The summed E-state index contributed by atoms with van der Waals surface area (Å²) in [5.74, 6) is 1.31. The number of fused-ring (bicyclic) bond motifs is 1. The van der Waals surface area contributed by atoms with Crippen LogP contribution in [0, 0.1) is 0 Å². The maximum Gasteiger partial charge on any atom is 0.141 e. The molecule has 0 radical (unpaired) electrons. The topological polar surface area (TPSA) is 68.3 Å². The number of nitrogens with two attached hydrogens (primary N) is 1. The molecule has 0 spiro atoms. The van der Waals surface area contributed by atoms with Gasteiger partial charge in [0.1, 0.15) is 17.1 Å². The summed E-state index contributed by atoms with van der Waals surface area (Å²) in [4.78, 5) is 9.41. The number of halogens is 1. The number of aromatic nitrogens is 2. The van der Waals surface area contributed by atoms with Crippen LogP contribution in [0.5, 0.6) is 11.5 Å². The van der Waals surface area contributed by atoms with E-state index in [0.717, 1.165) is 61.6 Å². The summed E-state index contributed by atoms with van der Waals surface area (Å²) in [6.45, 7) is 3.51. The van der Waals surface area contributed by atoms with E-state index in [-0.39, 0.29) is 0 Å². The van der Waals surface area contributed by atoms with Crippen LogP contribution in [-0.4, -0.2) is 67.8 Å². The van der Waals surface area contributed by atoms with Crippen molar-refractivity contribution in [3.63, 3.8) is 0 Å². The van der Waals surface area contributed by atoms with Gasteiger partial charge in [-0.1, -0.05) is 11.6 Å². The van der Waals surface area contributed by atoms with E-state index >= 15 is 0 Å². The number of hydrogen-bond donors (Lipinski definition) is 1. The molecular weight excluding hydrogens is 426 g/mol. The Morgan fingerprint density at radius 1 is 1.19 bits per heavy atom. The number of anilines is 1. The van der Waals surface area contributed by atoms with Crippen LogP contribution < -0.4 is 20.1 Å². The highest BCUT2D eigenvalue weighted by atomic mass is 35.5. The molecule has 0 atom stereocenters.